The second-order valence-corrected chi connectivity index (χ2v) is 7.29. The van der Waals surface area contributed by atoms with Gasteiger partial charge in [-0.1, -0.05) is 18.2 Å². The molecule has 1 aromatic carbocycles. The topological polar surface area (TPSA) is 33.2 Å². The van der Waals surface area contributed by atoms with Crippen molar-refractivity contribution in [2.24, 2.45) is 0 Å². The largest absolute Gasteiger partial charge is 0.345 e. The molecule has 0 bridgehead atoms. The van der Waals surface area contributed by atoms with Crippen molar-refractivity contribution < 1.29 is 9.18 Å². The van der Waals surface area contributed by atoms with Crippen LogP contribution in [0.3, 0.4) is 0 Å². The van der Waals surface area contributed by atoms with E-state index >= 15 is 0 Å². The van der Waals surface area contributed by atoms with Crippen molar-refractivity contribution in [1.82, 2.24) is 9.88 Å². The van der Waals surface area contributed by atoms with Gasteiger partial charge in [-0.15, -0.1) is 11.3 Å². The molecule has 3 nitrogen and oxygen atoms in total. The molecule has 0 spiro atoms. The van der Waals surface area contributed by atoms with E-state index in [1.54, 1.807) is 40.8 Å². The summed E-state index contributed by atoms with van der Waals surface area (Å²) in [5.41, 5.74) is 2.00. The van der Waals surface area contributed by atoms with Gasteiger partial charge in [0.05, 0.1) is 5.92 Å². The van der Waals surface area contributed by atoms with Crippen LogP contribution in [0.1, 0.15) is 21.9 Å². The third-order valence-electron chi connectivity index (χ3n) is 4.42. The minimum Gasteiger partial charge on any atom is -0.345 e. The number of hydrogen-bond acceptors (Lipinski definition) is 3. The Balaban J connectivity index is 1.74. The van der Waals surface area contributed by atoms with Gasteiger partial charge in [0.25, 0.3) is 0 Å². The number of hydrogen-bond donors (Lipinski definition) is 0. The number of amides is 1. The molecule has 1 unspecified atom stereocenters. The van der Waals surface area contributed by atoms with Crippen molar-refractivity contribution in [3.05, 3.63) is 88.1 Å². The highest BCUT2D eigenvalue weighted by molar-refractivity contribution is 7.09. The van der Waals surface area contributed by atoms with Crippen molar-refractivity contribution in [3.63, 3.8) is 0 Å². The van der Waals surface area contributed by atoms with Crippen molar-refractivity contribution in [3.8, 4) is 0 Å². The first-order valence-electron chi connectivity index (χ1n) is 8.55. The summed E-state index contributed by atoms with van der Waals surface area (Å²) in [6.45, 7) is 0.630. The van der Waals surface area contributed by atoms with Crippen molar-refractivity contribution in [2.45, 2.75) is 18.8 Å². The fraction of sp³-hybridized carbons (Fsp3) is 0.238. The van der Waals surface area contributed by atoms with Crippen LogP contribution in [0.25, 0.3) is 0 Å². The summed E-state index contributed by atoms with van der Waals surface area (Å²) in [5, 5.41) is 2.01. The molecular formula is C21H21FN2OS. The van der Waals surface area contributed by atoms with Crippen molar-refractivity contribution >= 4 is 17.2 Å². The SMILES string of the molecule is CN(CCc1ccncc1)C(=O)C(Cc1cccs1)c1ccc(F)cc1. The number of carbonyl (C=O) groups is 1. The molecular weight excluding hydrogens is 347 g/mol. The highest BCUT2D eigenvalue weighted by Crippen LogP contribution is 2.26. The normalized spacial score (nSPS) is 11.9. The third-order valence-corrected chi connectivity index (χ3v) is 5.32. The molecule has 0 saturated carbocycles. The van der Waals surface area contributed by atoms with E-state index < -0.39 is 0 Å². The van der Waals surface area contributed by atoms with Gasteiger partial charge in [0.15, 0.2) is 0 Å². The zero-order valence-corrected chi connectivity index (χ0v) is 15.5. The molecule has 0 radical (unpaired) electrons. The summed E-state index contributed by atoms with van der Waals surface area (Å²) < 4.78 is 13.3. The first-order valence-corrected chi connectivity index (χ1v) is 9.43. The van der Waals surface area contributed by atoms with E-state index in [4.69, 9.17) is 0 Å². The summed E-state index contributed by atoms with van der Waals surface area (Å²) >= 11 is 1.64. The Morgan fingerprint density at radius 1 is 1.15 bits per heavy atom. The quantitative estimate of drug-likeness (QED) is 0.623. The molecule has 0 N–H and O–H groups in total. The predicted molar refractivity (Wildman–Crippen MR) is 103 cm³/mol. The Kier molecular flexibility index (Phi) is 6.12. The fourth-order valence-electron chi connectivity index (χ4n) is 2.90. The monoisotopic (exact) mass is 368 g/mol. The van der Waals surface area contributed by atoms with E-state index in [1.807, 2.05) is 36.7 Å². The second-order valence-electron chi connectivity index (χ2n) is 6.25. The van der Waals surface area contributed by atoms with E-state index in [-0.39, 0.29) is 17.6 Å². The van der Waals surface area contributed by atoms with Gasteiger partial charge in [-0.05, 0) is 59.7 Å². The number of aromatic nitrogens is 1. The molecule has 26 heavy (non-hydrogen) atoms. The van der Waals surface area contributed by atoms with E-state index in [1.165, 1.54) is 12.1 Å². The zero-order chi connectivity index (χ0) is 18.4. The molecule has 0 saturated heterocycles. The molecule has 3 rings (SSSR count). The Hall–Kier alpha value is -2.53. The van der Waals surface area contributed by atoms with Gasteiger partial charge >= 0.3 is 0 Å². The van der Waals surface area contributed by atoms with E-state index in [2.05, 4.69) is 4.98 Å². The number of rotatable bonds is 7. The molecule has 0 fully saturated rings. The van der Waals surface area contributed by atoms with Gasteiger partial charge in [0.1, 0.15) is 5.82 Å². The molecule has 1 amide bonds. The summed E-state index contributed by atoms with van der Waals surface area (Å²) in [6.07, 6.45) is 4.92. The molecule has 1 atom stereocenters. The zero-order valence-electron chi connectivity index (χ0n) is 14.6. The maximum Gasteiger partial charge on any atom is 0.230 e. The van der Waals surface area contributed by atoms with Crippen LogP contribution < -0.4 is 0 Å². The van der Waals surface area contributed by atoms with Crippen LogP contribution in [0.4, 0.5) is 4.39 Å². The summed E-state index contributed by atoms with van der Waals surface area (Å²) in [7, 11) is 1.83. The standard InChI is InChI=1S/C21H21FN2OS/c1-24(13-10-16-8-11-23-12-9-16)21(25)20(15-19-3-2-14-26-19)17-4-6-18(22)7-5-17/h2-9,11-12,14,20H,10,13,15H2,1H3. The minimum absolute atomic E-state index is 0.0547. The molecule has 3 aromatic rings. The number of pyridine rings is 1. The van der Waals surface area contributed by atoms with E-state index in [9.17, 15) is 9.18 Å². The maximum absolute atomic E-state index is 13.3. The number of likely N-dealkylation sites (N-methyl/N-ethyl adjacent to an activating group) is 1. The Morgan fingerprint density at radius 3 is 2.54 bits per heavy atom. The van der Waals surface area contributed by atoms with Gasteiger partial charge in [0, 0.05) is 30.9 Å². The lowest BCUT2D eigenvalue weighted by molar-refractivity contribution is -0.131. The average Bonchev–Trinajstić information content (AvgIpc) is 3.18. The smallest absolute Gasteiger partial charge is 0.230 e. The highest BCUT2D eigenvalue weighted by atomic mass is 32.1. The van der Waals surface area contributed by atoms with E-state index in [0.717, 1.165) is 22.4 Å². The molecule has 5 heteroatoms. The molecule has 134 valence electrons. The molecule has 2 heterocycles. The Bertz CT molecular complexity index is 819. The van der Waals surface area contributed by atoms with Crippen LogP contribution >= 0.6 is 11.3 Å². The number of carbonyl (C=O) groups excluding carboxylic acids is 1. The molecule has 0 aliphatic heterocycles. The lowest BCUT2D eigenvalue weighted by Crippen LogP contribution is -2.34. The van der Waals surface area contributed by atoms with Crippen LogP contribution in [-0.2, 0) is 17.6 Å². The minimum atomic E-state index is -0.309. The van der Waals surface area contributed by atoms with Crippen LogP contribution in [-0.4, -0.2) is 29.4 Å². The van der Waals surface area contributed by atoms with Crippen LogP contribution in [0.15, 0.2) is 66.3 Å². The molecule has 2 aromatic heterocycles. The Labute approximate surface area is 157 Å². The van der Waals surface area contributed by atoms with Gasteiger partial charge in [-0.2, -0.15) is 0 Å². The van der Waals surface area contributed by atoms with Crippen LogP contribution in [0.5, 0.6) is 0 Å². The van der Waals surface area contributed by atoms with Crippen molar-refractivity contribution in [2.75, 3.05) is 13.6 Å². The Morgan fingerprint density at radius 2 is 1.88 bits per heavy atom. The molecule has 0 aliphatic carbocycles. The second kappa shape index (κ2) is 8.72. The summed E-state index contributed by atoms with van der Waals surface area (Å²) in [6, 6.07) is 14.2. The number of halogens is 1. The first kappa shape index (κ1) is 18.3. The van der Waals surface area contributed by atoms with Crippen LogP contribution in [0.2, 0.25) is 0 Å². The first-order chi connectivity index (χ1) is 12.6. The van der Waals surface area contributed by atoms with Crippen LogP contribution in [0, 0.1) is 5.82 Å². The maximum atomic E-state index is 13.3. The lowest BCUT2D eigenvalue weighted by Gasteiger charge is -2.24. The highest BCUT2D eigenvalue weighted by Gasteiger charge is 2.24. The lowest BCUT2D eigenvalue weighted by atomic mass is 9.93. The van der Waals surface area contributed by atoms with Gasteiger partial charge in [-0.3, -0.25) is 9.78 Å². The number of benzene rings is 1. The predicted octanol–water partition coefficient (Wildman–Crippen LogP) is 4.31. The van der Waals surface area contributed by atoms with Gasteiger partial charge in [-0.25, -0.2) is 4.39 Å². The summed E-state index contributed by atoms with van der Waals surface area (Å²) in [5.74, 6) is -0.544. The van der Waals surface area contributed by atoms with Crippen molar-refractivity contribution in [1.29, 1.82) is 0 Å². The third kappa shape index (κ3) is 4.76. The number of thiophene rings is 1. The summed E-state index contributed by atoms with van der Waals surface area (Å²) in [4.78, 5) is 20.0. The van der Waals surface area contributed by atoms with Gasteiger partial charge in [0.2, 0.25) is 5.91 Å². The average molecular weight is 368 g/mol. The van der Waals surface area contributed by atoms with E-state index in [0.29, 0.717) is 13.0 Å². The molecule has 0 aliphatic rings. The van der Waals surface area contributed by atoms with Gasteiger partial charge < -0.3 is 4.90 Å². The fourth-order valence-corrected chi connectivity index (χ4v) is 3.65. The number of nitrogens with zero attached hydrogens (tertiary/aromatic N) is 2.